The van der Waals surface area contributed by atoms with Gasteiger partial charge in [0.2, 0.25) is 0 Å². The minimum Gasteiger partial charge on any atom is -0.461 e. The molecule has 1 aromatic heterocycles. The molecule has 7 nitrogen and oxygen atoms in total. The Kier molecular flexibility index (Phi) is 6.21. The second-order valence-electron chi connectivity index (χ2n) is 12.5. The number of ether oxygens (including phenoxy) is 1. The number of rotatable bonds is 4. The average Bonchev–Trinajstić information content (AvgIpc) is 3.56. The number of halogens is 2. The van der Waals surface area contributed by atoms with E-state index in [4.69, 9.17) is 26.9 Å². The maximum absolute atomic E-state index is 17.0. The van der Waals surface area contributed by atoms with Gasteiger partial charge in [-0.05, 0) is 92.4 Å². The molecule has 9 heteroatoms. The van der Waals surface area contributed by atoms with E-state index in [-0.39, 0.29) is 28.7 Å². The molecule has 0 bridgehead atoms. The van der Waals surface area contributed by atoms with Crippen molar-refractivity contribution in [3.05, 3.63) is 53.1 Å². The van der Waals surface area contributed by atoms with E-state index >= 15 is 4.39 Å². The van der Waals surface area contributed by atoms with Crippen LogP contribution in [0.4, 0.5) is 20.3 Å². The highest BCUT2D eigenvalue weighted by molar-refractivity contribution is 6.05. The number of aryl methyl sites for hydroxylation is 1. The second-order valence-corrected chi connectivity index (χ2v) is 12.5. The van der Waals surface area contributed by atoms with Gasteiger partial charge in [0.05, 0.1) is 11.1 Å². The van der Waals surface area contributed by atoms with Crippen LogP contribution in [0, 0.1) is 24.0 Å². The number of nitrogens with zero attached hydrogens (tertiary/aromatic N) is 4. The molecule has 8 rings (SSSR count). The molecule has 4 aromatic rings. The lowest BCUT2D eigenvalue weighted by atomic mass is 9.90. The SMILES string of the molecule is C#Cc1c(F)ccc2cc(N)cc(-c3cc4c5c(nc(OCC67CCCN6CCC7)nc5c3F)N3CCNCC3CC4)c12. The number of nitrogens with one attached hydrogen (secondary N) is 1. The molecule has 3 saturated heterocycles. The van der Waals surface area contributed by atoms with Gasteiger partial charge in [-0.1, -0.05) is 12.0 Å². The molecule has 43 heavy (non-hydrogen) atoms. The van der Waals surface area contributed by atoms with E-state index < -0.39 is 11.6 Å². The van der Waals surface area contributed by atoms with Crippen molar-refractivity contribution >= 4 is 33.2 Å². The number of benzene rings is 3. The maximum atomic E-state index is 17.0. The van der Waals surface area contributed by atoms with Gasteiger partial charge in [-0.3, -0.25) is 4.90 Å². The van der Waals surface area contributed by atoms with Gasteiger partial charge in [0.1, 0.15) is 23.8 Å². The molecule has 0 saturated carbocycles. The van der Waals surface area contributed by atoms with Gasteiger partial charge in [0.25, 0.3) is 0 Å². The van der Waals surface area contributed by atoms with Crippen LogP contribution >= 0.6 is 0 Å². The van der Waals surface area contributed by atoms with E-state index in [1.165, 1.54) is 6.07 Å². The van der Waals surface area contributed by atoms with Crippen LogP contribution in [0.1, 0.15) is 43.2 Å². The van der Waals surface area contributed by atoms with Crippen LogP contribution in [0.3, 0.4) is 0 Å². The Balaban J connectivity index is 1.34. The normalized spacial score (nSPS) is 21.0. The van der Waals surface area contributed by atoms with Crippen molar-refractivity contribution in [2.24, 2.45) is 0 Å². The van der Waals surface area contributed by atoms with Crippen molar-refractivity contribution < 1.29 is 13.5 Å². The van der Waals surface area contributed by atoms with E-state index in [0.717, 1.165) is 88.0 Å². The number of hydrogen-bond donors (Lipinski definition) is 2. The Bertz CT molecular complexity index is 1820. The number of piperazine rings is 1. The van der Waals surface area contributed by atoms with Crippen LogP contribution < -0.4 is 20.7 Å². The van der Waals surface area contributed by atoms with Crippen LogP contribution in [-0.4, -0.2) is 65.8 Å². The molecule has 3 aromatic carbocycles. The summed E-state index contributed by atoms with van der Waals surface area (Å²) in [5.41, 5.74) is 8.75. The first-order valence-corrected chi connectivity index (χ1v) is 15.3. The Labute approximate surface area is 249 Å². The van der Waals surface area contributed by atoms with Crippen molar-refractivity contribution in [3.8, 4) is 29.5 Å². The molecular weight excluding hydrogens is 546 g/mol. The largest absolute Gasteiger partial charge is 0.461 e. The Morgan fingerprint density at radius 2 is 1.91 bits per heavy atom. The lowest BCUT2D eigenvalue weighted by Gasteiger charge is -2.36. The summed E-state index contributed by atoms with van der Waals surface area (Å²) in [6.07, 6.45) is 11.9. The number of terminal acetylenes is 1. The van der Waals surface area contributed by atoms with Crippen LogP contribution in [0.15, 0.2) is 30.3 Å². The zero-order chi connectivity index (χ0) is 29.3. The predicted octanol–water partition coefficient (Wildman–Crippen LogP) is 5.02. The number of fused-ring (bicyclic) bond motifs is 4. The van der Waals surface area contributed by atoms with Crippen LogP contribution in [0.5, 0.6) is 6.01 Å². The summed E-state index contributed by atoms with van der Waals surface area (Å²) in [7, 11) is 0. The molecule has 3 fully saturated rings. The van der Waals surface area contributed by atoms with Crippen molar-refractivity contribution in [2.75, 3.05) is 50.0 Å². The third kappa shape index (κ3) is 4.15. The highest BCUT2D eigenvalue weighted by atomic mass is 19.1. The average molecular weight is 581 g/mol. The standard InChI is InChI=1S/C34H34F2N6O/c1-2-24-27(35)8-6-20-15-22(37)17-25(28(20)24)26-16-21-5-7-23-18-38-11-14-42(23)32-29(21)31(30(26)36)39-33(40-32)43-19-34-9-3-12-41(34)13-4-10-34/h1,6,8,15-17,23,38H,3-5,7,9-14,18-19,37H2. The van der Waals surface area contributed by atoms with Crippen molar-refractivity contribution in [1.29, 1.82) is 0 Å². The highest BCUT2D eigenvalue weighted by Gasteiger charge is 2.45. The summed E-state index contributed by atoms with van der Waals surface area (Å²) >= 11 is 0. The lowest BCUT2D eigenvalue weighted by molar-refractivity contribution is 0.108. The van der Waals surface area contributed by atoms with Crippen LogP contribution in [-0.2, 0) is 6.42 Å². The van der Waals surface area contributed by atoms with Crippen molar-refractivity contribution in [3.63, 3.8) is 0 Å². The summed E-state index contributed by atoms with van der Waals surface area (Å²) in [6, 6.07) is 8.65. The molecule has 0 radical (unpaired) electrons. The minimum atomic E-state index is -0.530. The molecular formula is C34H34F2N6O. The molecule has 4 aliphatic rings. The third-order valence-electron chi connectivity index (χ3n) is 10.1. The molecule has 1 unspecified atom stereocenters. The first-order valence-electron chi connectivity index (χ1n) is 15.3. The summed E-state index contributed by atoms with van der Waals surface area (Å²) < 4.78 is 38.3. The highest BCUT2D eigenvalue weighted by Crippen LogP contribution is 2.44. The summed E-state index contributed by atoms with van der Waals surface area (Å²) in [4.78, 5) is 14.6. The molecule has 3 N–H and O–H groups in total. The van der Waals surface area contributed by atoms with Crippen LogP contribution in [0.25, 0.3) is 32.8 Å². The van der Waals surface area contributed by atoms with Crippen LogP contribution in [0.2, 0.25) is 0 Å². The lowest BCUT2D eigenvalue weighted by Crippen LogP contribution is -2.51. The van der Waals surface area contributed by atoms with Gasteiger partial charge in [-0.25, -0.2) is 8.78 Å². The van der Waals surface area contributed by atoms with Gasteiger partial charge < -0.3 is 20.7 Å². The first-order chi connectivity index (χ1) is 21.0. The number of anilines is 2. The molecule has 220 valence electrons. The van der Waals surface area contributed by atoms with Crippen molar-refractivity contribution in [2.45, 2.75) is 50.1 Å². The van der Waals surface area contributed by atoms with Crippen molar-refractivity contribution in [1.82, 2.24) is 20.2 Å². The fourth-order valence-electron chi connectivity index (χ4n) is 8.08. The van der Waals surface area contributed by atoms with E-state index in [1.54, 1.807) is 18.2 Å². The smallest absolute Gasteiger partial charge is 0.319 e. The first kappa shape index (κ1) is 26.6. The molecule has 5 heterocycles. The zero-order valence-electron chi connectivity index (χ0n) is 24.1. The number of hydrogen-bond acceptors (Lipinski definition) is 7. The fourth-order valence-corrected chi connectivity index (χ4v) is 8.08. The topological polar surface area (TPSA) is 79.5 Å². The predicted molar refractivity (Wildman–Crippen MR) is 165 cm³/mol. The van der Waals surface area contributed by atoms with E-state index in [0.29, 0.717) is 34.2 Å². The molecule has 0 aliphatic carbocycles. The number of aromatic nitrogens is 2. The zero-order valence-corrected chi connectivity index (χ0v) is 24.1. The van der Waals surface area contributed by atoms with E-state index in [9.17, 15) is 4.39 Å². The number of nitrogen functional groups attached to an aromatic ring is 1. The van der Waals surface area contributed by atoms with Gasteiger partial charge in [-0.2, -0.15) is 9.97 Å². The molecule has 1 atom stereocenters. The maximum Gasteiger partial charge on any atom is 0.319 e. The Morgan fingerprint density at radius 3 is 2.72 bits per heavy atom. The Morgan fingerprint density at radius 1 is 1.07 bits per heavy atom. The summed E-state index contributed by atoms with van der Waals surface area (Å²) in [5.74, 6) is 2.17. The second kappa shape index (κ2) is 10.0. The molecule has 0 spiro atoms. The van der Waals surface area contributed by atoms with Gasteiger partial charge in [0.15, 0.2) is 5.82 Å². The van der Waals surface area contributed by atoms with Gasteiger partial charge >= 0.3 is 6.01 Å². The summed E-state index contributed by atoms with van der Waals surface area (Å²) in [6.45, 7) is 5.08. The monoisotopic (exact) mass is 580 g/mol. The summed E-state index contributed by atoms with van der Waals surface area (Å²) in [5, 5.41) is 5.34. The van der Waals surface area contributed by atoms with E-state index in [2.05, 4.69) is 21.0 Å². The minimum absolute atomic E-state index is 0.00570. The van der Waals surface area contributed by atoms with E-state index in [1.807, 2.05) is 6.07 Å². The number of nitrogens with two attached hydrogens (primary N) is 1. The molecule has 4 aliphatic heterocycles. The third-order valence-corrected chi connectivity index (χ3v) is 10.1. The van der Waals surface area contributed by atoms with Gasteiger partial charge in [-0.15, -0.1) is 6.42 Å². The van der Waals surface area contributed by atoms with Gasteiger partial charge in [0, 0.05) is 47.7 Å². The quantitative estimate of drug-likeness (QED) is 0.259. The molecule has 0 amide bonds. The Hall–Kier alpha value is -4.00. The fraction of sp³-hybridized carbons (Fsp3) is 0.412.